The first-order chi connectivity index (χ1) is 8.60. The fraction of sp³-hybridized carbons (Fsp3) is 0.333. The highest BCUT2D eigenvalue weighted by molar-refractivity contribution is 5.63. The first kappa shape index (κ1) is 12.2. The normalized spacial score (nSPS) is 10.4. The van der Waals surface area contributed by atoms with Crippen molar-refractivity contribution >= 4 is 11.5 Å². The molecule has 0 saturated carbocycles. The highest BCUT2D eigenvalue weighted by Crippen LogP contribution is 2.23. The van der Waals surface area contributed by atoms with Gasteiger partial charge in [0.05, 0.1) is 19.0 Å². The van der Waals surface area contributed by atoms with Crippen LogP contribution in [0.25, 0.3) is 0 Å². The molecule has 0 fully saturated rings. The lowest BCUT2D eigenvalue weighted by molar-refractivity contribution is 0.398. The van der Waals surface area contributed by atoms with Crippen LogP contribution in [-0.4, -0.2) is 28.9 Å². The van der Waals surface area contributed by atoms with E-state index in [-0.39, 0.29) is 0 Å². The lowest BCUT2D eigenvalue weighted by Crippen LogP contribution is -2.19. The zero-order valence-electron chi connectivity index (χ0n) is 10.8. The average molecular weight is 247 g/mol. The Morgan fingerprint density at radius 2 is 2.22 bits per heavy atom. The van der Waals surface area contributed by atoms with Gasteiger partial charge in [0.1, 0.15) is 0 Å². The Kier molecular flexibility index (Phi) is 3.36. The largest absolute Gasteiger partial charge is 0.481 e. The second kappa shape index (κ2) is 4.95. The number of rotatable bonds is 4. The number of hydrogen-bond acceptors (Lipinski definition) is 5. The first-order valence-electron chi connectivity index (χ1n) is 5.59. The summed E-state index contributed by atoms with van der Waals surface area (Å²) in [6.45, 7) is 0.693. The highest BCUT2D eigenvalue weighted by Gasteiger charge is 2.10. The van der Waals surface area contributed by atoms with Gasteiger partial charge in [0, 0.05) is 38.5 Å². The molecule has 0 amide bonds. The second-order valence-electron chi connectivity index (χ2n) is 4.14. The topological polar surface area (TPSA) is 69.2 Å². The molecule has 0 saturated heterocycles. The molecule has 2 heterocycles. The summed E-state index contributed by atoms with van der Waals surface area (Å²) in [5.41, 5.74) is 7.65. The Hall–Kier alpha value is -2.24. The van der Waals surface area contributed by atoms with Gasteiger partial charge in [-0.2, -0.15) is 10.1 Å². The van der Waals surface area contributed by atoms with Crippen LogP contribution in [0, 0.1) is 0 Å². The predicted molar refractivity (Wildman–Crippen MR) is 70.5 cm³/mol. The van der Waals surface area contributed by atoms with Gasteiger partial charge in [-0.15, -0.1) is 0 Å². The van der Waals surface area contributed by atoms with Crippen molar-refractivity contribution in [2.24, 2.45) is 7.05 Å². The summed E-state index contributed by atoms with van der Waals surface area (Å²) < 4.78 is 6.87. The maximum absolute atomic E-state index is 5.92. The summed E-state index contributed by atoms with van der Waals surface area (Å²) in [5, 5.41) is 4.13. The SMILES string of the molecule is COc1ccc(N)c(N(C)Cc2cnn(C)c2)n1. The van der Waals surface area contributed by atoms with Gasteiger partial charge < -0.3 is 15.4 Å². The van der Waals surface area contributed by atoms with Crippen LogP contribution in [0.4, 0.5) is 11.5 Å². The number of anilines is 2. The molecule has 96 valence electrons. The smallest absolute Gasteiger partial charge is 0.215 e. The molecule has 0 bridgehead atoms. The Balaban J connectivity index is 2.20. The van der Waals surface area contributed by atoms with Crippen molar-refractivity contribution in [1.82, 2.24) is 14.8 Å². The van der Waals surface area contributed by atoms with Crippen molar-refractivity contribution in [1.29, 1.82) is 0 Å². The van der Waals surface area contributed by atoms with Crippen LogP contribution in [0.5, 0.6) is 5.88 Å². The molecule has 0 aromatic carbocycles. The van der Waals surface area contributed by atoms with E-state index < -0.39 is 0 Å². The van der Waals surface area contributed by atoms with Crippen LogP contribution in [0.3, 0.4) is 0 Å². The van der Waals surface area contributed by atoms with Gasteiger partial charge in [-0.3, -0.25) is 4.68 Å². The molecule has 2 N–H and O–H groups in total. The van der Waals surface area contributed by atoms with E-state index in [4.69, 9.17) is 10.5 Å². The Morgan fingerprint density at radius 3 is 2.83 bits per heavy atom. The zero-order chi connectivity index (χ0) is 13.1. The number of pyridine rings is 1. The van der Waals surface area contributed by atoms with E-state index in [0.717, 1.165) is 5.56 Å². The molecule has 2 aromatic rings. The summed E-state index contributed by atoms with van der Waals surface area (Å²) >= 11 is 0. The van der Waals surface area contributed by atoms with E-state index in [1.807, 2.05) is 31.4 Å². The highest BCUT2D eigenvalue weighted by atomic mass is 16.5. The summed E-state index contributed by atoms with van der Waals surface area (Å²) in [7, 11) is 5.41. The minimum Gasteiger partial charge on any atom is -0.481 e. The molecule has 2 aromatic heterocycles. The van der Waals surface area contributed by atoms with Crippen LogP contribution in [-0.2, 0) is 13.6 Å². The first-order valence-corrected chi connectivity index (χ1v) is 5.59. The van der Waals surface area contributed by atoms with Crippen molar-refractivity contribution in [2.45, 2.75) is 6.54 Å². The van der Waals surface area contributed by atoms with Crippen molar-refractivity contribution < 1.29 is 4.74 Å². The molecule has 6 heteroatoms. The third kappa shape index (κ3) is 2.53. The molecule has 0 aliphatic carbocycles. The van der Waals surface area contributed by atoms with Crippen LogP contribution in [0.15, 0.2) is 24.5 Å². The summed E-state index contributed by atoms with van der Waals surface area (Å²) in [5.74, 6) is 1.26. The second-order valence-corrected chi connectivity index (χ2v) is 4.14. The predicted octanol–water partition coefficient (Wildman–Crippen LogP) is 1.04. The van der Waals surface area contributed by atoms with Crippen LogP contribution >= 0.6 is 0 Å². The maximum Gasteiger partial charge on any atom is 0.215 e. The molecule has 0 radical (unpaired) electrons. The number of aromatic nitrogens is 3. The number of nitrogens with zero attached hydrogens (tertiary/aromatic N) is 4. The van der Waals surface area contributed by atoms with Gasteiger partial charge in [0.25, 0.3) is 0 Å². The van der Waals surface area contributed by atoms with E-state index in [9.17, 15) is 0 Å². The summed E-state index contributed by atoms with van der Waals surface area (Å²) in [4.78, 5) is 6.31. The lowest BCUT2D eigenvalue weighted by atomic mass is 10.3. The van der Waals surface area contributed by atoms with Crippen LogP contribution in [0.1, 0.15) is 5.56 Å². The van der Waals surface area contributed by atoms with E-state index in [0.29, 0.717) is 23.9 Å². The minimum atomic E-state index is 0.553. The van der Waals surface area contributed by atoms with Gasteiger partial charge in [0.2, 0.25) is 5.88 Å². The fourth-order valence-corrected chi connectivity index (χ4v) is 1.76. The third-order valence-electron chi connectivity index (χ3n) is 2.63. The van der Waals surface area contributed by atoms with Crippen molar-refractivity contribution in [3.05, 3.63) is 30.1 Å². The molecular formula is C12H17N5O. The fourth-order valence-electron chi connectivity index (χ4n) is 1.76. The lowest BCUT2D eigenvalue weighted by Gasteiger charge is -2.19. The molecule has 0 atom stereocenters. The molecule has 0 spiro atoms. The van der Waals surface area contributed by atoms with E-state index in [1.54, 1.807) is 23.9 Å². The Labute approximate surface area is 106 Å². The maximum atomic E-state index is 5.92. The summed E-state index contributed by atoms with van der Waals surface area (Å²) in [6, 6.07) is 3.54. The molecule has 2 rings (SSSR count). The van der Waals surface area contributed by atoms with Crippen molar-refractivity contribution in [3.8, 4) is 5.88 Å². The Morgan fingerprint density at radius 1 is 1.44 bits per heavy atom. The molecule has 0 aliphatic rings. The van der Waals surface area contributed by atoms with E-state index in [1.165, 1.54) is 0 Å². The van der Waals surface area contributed by atoms with Crippen LogP contribution in [0.2, 0.25) is 0 Å². The molecule has 18 heavy (non-hydrogen) atoms. The number of nitrogen functional groups attached to an aromatic ring is 1. The zero-order valence-corrected chi connectivity index (χ0v) is 10.8. The quantitative estimate of drug-likeness (QED) is 0.874. The average Bonchev–Trinajstić information content (AvgIpc) is 2.75. The van der Waals surface area contributed by atoms with Crippen molar-refractivity contribution in [3.63, 3.8) is 0 Å². The van der Waals surface area contributed by atoms with E-state index in [2.05, 4.69) is 10.1 Å². The van der Waals surface area contributed by atoms with Gasteiger partial charge in [0.15, 0.2) is 5.82 Å². The van der Waals surface area contributed by atoms with Gasteiger partial charge in [-0.25, -0.2) is 0 Å². The Bertz CT molecular complexity index is 537. The monoisotopic (exact) mass is 247 g/mol. The number of hydrogen-bond donors (Lipinski definition) is 1. The van der Waals surface area contributed by atoms with Crippen molar-refractivity contribution in [2.75, 3.05) is 24.8 Å². The number of ether oxygens (including phenoxy) is 1. The minimum absolute atomic E-state index is 0.553. The molecule has 0 unspecified atom stereocenters. The van der Waals surface area contributed by atoms with E-state index >= 15 is 0 Å². The third-order valence-corrected chi connectivity index (χ3v) is 2.63. The van der Waals surface area contributed by atoms with Gasteiger partial charge in [-0.05, 0) is 6.07 Å². The molecule has 0 aliphatic heterocycles. The van der Waals surface area contributed by atoms with Crippen LogP contribution < -0.4 is 15.4 Å². The number of methoxy groups -OCH3 is 1. The number of aryl methyl sites for hydroxylation is 1. The number of nitrogens with two attached hydrogens (primary N) is 1. The standard InChI is InChI=1S/C12H17N5O/c1-16(7-9-6-14-17(2)8-9)12-10(13)4-5-11(15-12)18-3/h4-6,8H,7,13H2,1-3H3. The molecular weight excluding hydrogens is 230 g/mol. The molecule has 6 nitrogen and oxygen atoms in total. The summed E-state index contributed by atoms with van der Waals surface area (Å²) in [6.07, 6.45) is 3.79. The van der Waals surface area contributed by atoms with Gasteiger partial charge in [-0.1, -0.05) is 0 Å². The van der Waals surface area contributed by atoms with Gasteiger partial charge >= 0.3 is 0 Å².